The highest BCUT2D eigenvalue weighted by atomic mass is 16.4. The third-order valence-corrected chi connectivity index (χ3v) is 3.24. The number of aryl methyl sites for hydroxylation is 1. The van der Waals surface area contributed by atoms with Crippen LogP contribution >= 0.6 is 0 Å². The predicted octanol–water partition coefficient (Wildman–Crippen LogP) is 1.50. The largest absolute Gasteiger partial charge is 0.409 e. The molecule has 0 saturated heterocycles. The molecule has 0 atom stereocenters. The average molecular weight is 263 g/mol. The number of hydrogen-bond donors (Lipinski definition) is 2. The quantitative estimate of drug-likeness (QED) is 0.364. The zero-order valence-electron chi connectivity index (χ0n) is 11.7. The van der Waals surface area contributed by atoms with Crippen molar-refractivity contribution < 1.29 is 5.21 Å². The predicted molar refractivity (Wildman–Crippen MR) is 74.5 cm³/mol. The normalized spacial score (nSPS) is 15.9. The molecule has 0 amide bonds. The van der Waals surface area contributed by atoms with Crippen LogP contribution in [0.25, 0.3) is 0 Å². The Morgan fingerprint density at radius 2 is 2.21 bits per heavy atom. The van der Waals surface area contributed by atoms with Crippen LogP contribution in [0.15, 0.2) is 11.2 Å². The number of nitrogens with zero attached hydrogens (tertiary/aromatic N) is 4. The summed E-state index contributed by atoms with van der Waals surface area (Å²) in [5.41, 5.74) is 6.89. The molecule has 19 heavy (non-hydrogen) atoms. The Bertz CT molecular complexity index is 482. The summed E-state index contributed by atoms with van der Waals surface area (Å²) in [6, 6.07) is 2.04. The average Bonchev–Trinajstić information content (AvgIpc) is 3.17. The Kier molecular flexibility index (Phi) is 3.87. The summed E-state index contributed by atoms with van der Waals surface area (Å²) in [4.78, 5) is 11.1. The van der Waals surface area contributed by atoms with E-state index >= 15 is 0 Å². The van der Waals surface area contributed by atoms with E-state index in [0.29, 0.717) is 17.7 Å². The van der Waals surface area contributed by atoms with Gasteiger partial charge in [-0.2, -0.15) is 0 Å². The summed E-state index contributed by atoms with van der Waals surface area (Å²) in [6.07, 6.45) is 2.56. The smallest absolute Gasteiger partial charge is 0.226 e. The van der Waals surface area contributed by atoms with E-state index in [1.54, 1.807) is 6.07 Å². The molecule has 1 heterocycles. The van der Waals surface area contributed by atoms with E-state index in [-0.39, 0.29) is 5.84 Å². The van der Waals surface area contributed by atoms with Gasteiger partial charge in [0.25, 0.3) is 0 Å². The fourth-order valence-electron chi connectivity index (χ4n) is 1.97. The minimum absolute atomic E-state index is 0.0156. The molecule has 104 valence electrons. The first-order chi connectivity index (χ1) is 9.01. The third-order valence-electron chi connectivity index (χ3n) is 3.24. The number of aromatic nitrogens is 2. The Morgan fingerprint density at radius 3 is 2.74 bits per heavy atom. The van der Waals surface area contributed by atoms with Crippen molar-refractivity contribution in [3.05, 3.63) is 17.5 Å². The van der Waals surface area contributed by atoms with Crippen molar-refractivity contribution in [2.45, 2.75) is 39.7 Å². The van der Waals surface area contributed by atoms with E-state index in [9.17, 15) is 0 Å². The van der Waals surface area contributed by atoms with Crippen LogP contribution in [0, 0.1) is 12.8 Å². The molecule has 2 rings (SSSR count). The molecular formula is C13H21N5O. The molecule has 1 saturated carbocycles. The van der Waals surface area contributed by atoms with Gasteiger partial charge >= 0.3 is 0 Å². The lowest BCUT2D eigenvalue weighted by atomic mass is 10.2. The van der Waals surface area contributed by atoms with Crippen LogP contribution in [0.1, 0.15) is 38.1 Å². The van der Waals surface area contributed by atoms with Crippen LogP contribution in [-0.4, -0.2) is 33.6 Å². The minimum Gasteiger partial charge on any atom is -0.409 e. The SMILES string of the molecule is Cc1cc(/C(N)=N/O)nc(N(CC2CC2)C(C)C)n1. The lowest BCUT2D eigenvalue weighted by Gasteiger charge is -2.27. The molecule has 0 radical (unpaired) electrons. The van der Waals surface area contributed by atoms with E-state index < -0.39 is 0 Å². The van der Waals surface area contributed by atoms with Crippen LogP contribution in [0.2, 0.25) is 0 Å². The van der Waals surface area contributed by atoms with Gasteiger partial charge in [0.2, 0.25) is 5.95 Å². The van der Waals surface area contributed by atoms with Gasteiger partial charge in [0.05, 0.1) is 0 Å². The monoisotopic (exact) mass is 263 g/mol. The summed E-state index contributed by atoms with van der Waals surface area (Å²) in [6.45, 7) is 7.10. The van der Waals surface area contributed by atoms with Crippen LogP contribution in [0.5, 0.6) is 0 Å². The standard InChI is InChI=1S/C13H21N5O/c1-8(2)18(7-10-4-5-10)13-15-9(3)6-11(16-13)12(14)17-19/h6,8,10,19H,4-5,7H2,1-3H3,(H2,14,17). The molecule has 1 aliphatic rings. The van der Waals surface area contributed by atoms with Crippen molar-refractivity contribution >= 4 is 11.8 Å². The molecule has 0 unspecified atom stereocenters. The first-order valence-corrected chi connectivity index (χ1v) is 6.61. The molecule has 1 fully saturated rings. The summed E-state index contributed by atoms with van der Waals surface area (Å²) in [7, 11) is 0. The van der Waals surface area contributed by atoms with Gasteiger partial charge in [0, 0.05) is 18.3 Å². The first-order valence-electron chi connectivity index (χ1n) is 6.61. The van der Waals surface area contributed by atoms with Crippen molar-refractivity contribution in [2.75, 3.05) is 11.4 Å². The van der Waals surface area contributed by atoms with Crippen molar-refractivity contribution in [3.63, 3.8) is 0 Å². The van der Waals surface area contributed by atoms with Gasteiger partial charge in [0.1, 0.15) is 5.69 Å². The Hall–Kier alpha value is -1.85. The summed E-state index contributed by atoms with van der Waals surface area (Å²) in [5.74, 6) is 1.42. The van der Waals surface area contributed by atoms with Crippen LogP contribution < -0.4 is 10.6 Å². The Labute approximate surface area is 113 Å². The van der Waals surface area contributed by atoms with E-state index in [0.717, 1.165) is 18.2 Å². The van der Waals surface area contributed by atoms with E-state index in [1.165, 1.54) is 12.8 Å². The number of oxime groups is 1. The number of anilines is 1. The Morgan fingerprint density at radius 1 is 1.53 bits per heavy atom. The van der Waals surface area contributed by atoms with Crippen LogP contribution in [-0.2, 0) is 0 Å². The fraction of sp³-hybridized carbons (Fsp3) is 0.615. The molecule has 0 spiro atoms. The van der Waals surface area contributed by atoms with Gasteiger partial charge in [0.15, 0.2) is 5.84 Å². The highest BCUT2D eigenvalue weighted by molar-refractivity contribution is 5.95. The highest BCUT2D eigenvalue weighted by Gasteiger charge is 2.27. The summed E-state index contributed by atoms with van der Waals surface area (Å²) >= 11 is 0. The maximum absolute atomic E-state index is 8.76. The van der Waals surface area contributed by atoms with Gasteiger partial charge in [-0.1, -0.05) is 5.16 Å². The second-order valence-electron chi connectivity index (χ2n) is 5.37. The second-order valence-corrected chi connectivity index (χ2v) is 5.37. The van der Waals surface area contributed by atoms with E-state index in [4.69, 9.17) is 10.9 Å². The van der Waals surface area contributed by atoms with Gasteiger partial charge in [-0.25, -0.2) is 9.97 Å². The topological polar surface area (TPSA) is 87.6 Å². The maximum atomic E-state index is 8.76. The van der Waals surface area contributed by atoms with Gasteiger partial charge in [-0.15, -0.1) is 0 Å². The van der Waals surface area contributed by atoms with Crippen molar-refractivity contribution in [2.24, 2.45) is 16.8 Å². The number of rotatable bonds is 5. The molecule has 0 aromatic carbocycles. The van der Waals surface area contributed by atoms with E-state index in [2.05, 4.69) is 33.9 Å². The van der Waals surface area contributed by atoms with Gasteiger partial charge in [-0.05, 0) is 45.6 Å². The first kappa shape index (κ1) is 13.6. The fourth-order valence-corrected chi connectivity index (χ4v) is 1.97. The third kappa shape index (κ3) is 3.33. The maximum Gasteiger partial charge on any atom is 0.226 e. The summed E-state index contributed by atoms with van der Waals surface area (Å²) < 4.78 is 0. The van der Waals surface area contributed by atoms with Gasteiger partial charge < -0.3 is 15.8 Å². The van der Waals surface area contributed by atoms with Gasteiger partial charge in [-0.3, -0.25) is 0 Å². The number of hydrogen-bond acceptors (Lipinski definition) is 5. The molecule has 1 aromatic rings. The molecule has 0 bridgehead atoms. The molecule has 3 N–H and O–H groups in total. The van der Waals surface area contributed by atoms with Crippen molar-refractivity contribution in [1.82, 2.24) is 9.97 Å². The van der Waals surface area contributed by atoms with Crippen molar-refractivity contribution in [1.29, 1.82) is 0 Å². The lowest BCUT2D eigenvalue weighted by Crippen LogP contribution is -2.35. The molecular weight excluding hydrogens is 242 g/mol. The number of nitrogens with two attached hydrogens (primary N) is 1. The molecule has 0 aliphatic heterocycles. The molecule has 1 aliphatic carbocycles. The Balaban J connectivity index is 2.32. The molecule has 6 nitrogen and oxygen atoms in total. The van der Waals surface area contributed by atoms with Crippen LogP contribution in [0.4, 0.5) is 5.95 Å². The zero-order chi connectivity index (χ0) is 14.0. The highest BCUT2D eigenvalue weighted by Crippen LogP contribution is 2.31. The van der Waals surface area contributed by atoms with Crippen molar-refractivity contribution in [3.8, 4) is 0 Å². The van der Waals surface area contributed by atoms with Crippen LogP contribution in [0.3, 0.4) is 0 Å². The minimum atomic E-state index is 0.0156. The summed E-state index contributed by atoms with van der Waals surface area (Å²) in [5, 5.41) is 11.8. The molecule has 6 heteroatoms. The molecule has 1 aromatic heterocycles. The second kappa shape index (κ2) is 5.42. The van der Waals surface area contributed by atoms with E-state index in [1.807, 2.05) is 6.92 Å². The zero-order valence-corrected chi connectivity index (χ0v) is 11.7. The number of amidine groups is 1. The lowest BCUT2D eigenvalue weighted by molar-refractivity contribution is 0.318.